The number of aromatic hydroxyl groups is 1. The van der Waals surface area contributed by atoms with E-state index in [1.54, 1.807) is 39.0 Å². The Balaban J connectivity index is 2.38. The number of nitrogens with zero attached hydrogens (tertiary/aromatic N) is 1. The van der Waals surface area contributed by atoms with Gasteiger partial charge in [0.25, 0.3) is 5.91 Å². The van der Waals surface area contributed by atoms with Gasteiger partial charge in [-0.15, -0.1) is 0 Å². The van der Waals surface area contributed by atoms with Crippen molar-refractivity contribution in [2.75, 3.05) is 18.4 Å². The van der Waals surface area contributed by atoms with E-state index in [0.717, 1.165) is 11.1 Å². The van der Waals surface area contributed by atoms with Gasteiger partial charge >= 0.3 is 6.09 Å². The summed E-state index contributed by atoms with van der Waals surface area (Å²) in [6.07, 6.45) is -0.157. The third-order valence-electron chi connectivity index (χ3n) is 5.09. The highest BCUT2D eigenvalue weighted by Crippen LogP contribution is 2.31. The summed E-state index contributed by atoms with van der Waals surface area (Å²) in [6, 6.07) is 11.0. The van der Waals surface area contributed by atoms with Crippen molar-refractivity contribution in [1.82, 2.24) is 10.2 Å². The van der Waals surface area contributed by atoms with E-state index in [-0.39, 0.29) is 18.8 Å². The number of hydrogen-bond acceptors (Lipinski definition) is 5. The van der Waals surface area contributed by atoms with Gasteiger partial charge < -0.3 is 25.4 Å². The van der Waals surface area contributed by atoms with E-state index in [4.69, 9.17) is 4.74 Å². The van der Waals surface area contributed by atoms with Crippen molar-refractivity contribution in [2.24, 2.45) is 0 Å². The van der Waals surface area contributed by atoms with Gasteiger partial charge in [-0.3, -0.25) is 9.59 Å². The number of alkyl carbamates (subject to hydrolysis) is 1. The lowest BCUT2D eigenvalue weighted by Crippen LogP contribution is -2.46. The Labute approximate surface area is 201 Å². The van der Waals surface area contributed by atoms with Crippen molar-refractivity contribution >= 4 is 23.6 Å². The van der Waals surface area contributed by atoms with E-state index < -0.39 is 29.6 Å². The molecule has 0 saturated carbocycles. The van der Waals surface area contributed by atoms with Gasteiger partial charge in [0.05, 0.1) is 0 Å². The van der Waals surface area contributed by atoms with Gasteiger partial charge in [0.15, 0.2) is 0 Å². The second-order valence-electron chi connectivity index (χ2n) is 9.16. The van der Waals surface area contributed by atoms with Gasteiger partial charge in [-0.1, -0.05) is 43.3 Å². The number of ether oxygens (including phenoxy) is 1. The van der Waals surface area contributed by atoms with Crippen LogP contribution in [0.15, 0.2) is 42.5 Å². The van der Waals surface area contributed by atoms with E-state index in [0.29, 0.717) is 17.7 Å². The molecule has 0 aliphatic heterocycles. The van der Waals surface area contributed by atoms with Gasteiger partial charge in [-0.25, -0.2) is 4.79 Å². The lowest BCUT2D eigenvalue weighted by atomic mass is 10.0. The summed E-state index contributed by atoms with van der Waals surface area (Å²) in [5, 5.41) is 15.9. The zero-order valence-electron chi connectivity index (χ0n) is 20.8. The first-order valence-corrected chi connectivity index (χ1v) is 11.4. The minimum Gasteiger partial charge on any atom is -0.508 e. The summed E-state index contributed by atoms with van der Waals surface area (Å²) in [6.45, 7) is 10.7. The molecule has 0 aliphatic carbocycles. The summed E-state index contributed by atoms with van der Waals surface area (Å²) in [5.74, 6) is -1.03. The Hall–Kier alpha value is -3.55. The molecular formula is C26H35N3O5. The van der Waals surface area contributed by atoms with Crippen LogP contribution in [-0.2, 0) is 14.3 Å². The molecule has 184 valence electrons. The summed E-state index contributed by atoms with van der Waals surface area (Å²) < 4.78 is 5.20. The minimum absolute atomic E-state index is 0.0989. The number of carbonyl (C=O) groups is 3. The number of carbonyl (C=O) groups excluding carboxylic acids is 3. The second-order valence-corrected chi connectivity index (χ2v) is 9.16. The van der Waals surface area contributed by atoms with E-state index in [1.165, 1.54) is 11.0 Å². The first-order valence-electron chi connectivity index (χ1n) is 11.4. The number of hydrogen-bond donors (Lipinski definition) is 3. The topological polar surface area (TPSA) is 108 Å². The quantitative estimate of drug-likeness (QED) is 0.529. The molecule has 0 bridgehead atoms. The molecule has 8 heteroatoms. The minimum atomic E-state index is -1.10. The van der Waals surface area contributed by atoms with Gasteiger partial charge in [0, 0.05) is 17.8 Å². The van der Waals surface area contributed by atoms with Crippen LogP contribution in [-0.4, -0.2) is 46.6 Å². The molecule has 0 aromatic heterocycles. The number of para-hydroxylation sites is 2. The molecule has 1 unspecified atom stereocenters. The van der Waals surface area contributed by atoms with Gasteiger partial charge in [-0.2, -0.15) is 0 Å². The average molecular weight is 470 g/mol. The van der Waals surface area contributed by atoms with Crippen LogP contribution >= 0.6 is 0 Å². The van der Waals surface area contributed by atoms with Gasteiger partial charge in [0.1, 0.15) is 23.9 Å². The Morgan fingerprint density at radius 1 is 1.03 bits per heavy atom. The number of rotatable bonds is 8. The van der Waals surface area contributed by atoms with Gasteiger partial charge in [-0.05, 0) is 58.2 Å². The van der Waals surface area contributed by atoms with Crippen LogP contribution in [0.2, 0.25) is 0 Å². The maximum Gasteiger partial charge on any atom is 0.408 e. The molecule has 2 rings (SSSR count). The predicted octanol–water partition coefficient (Wildman–Crippen LogP) is 4.45. The fourth-order valence-electron chi connectivity index (χ4n) is 3.57. The smallest absolute Gasteiger partial charge is 0.408 e. The van der Waals surface area contributed by atoms with Crippen molar-refractivity contribution < 1.29 is 24.2 Å². The van der Waals surface area contributed by atoms with Crippen LogP contribution in [0.25, 0.3) is 0 Å². The van der Waals surface area contributed by atoms with Crippen molar-refractivity contribution in [3.8, 4) is 5.75 Å². The number of amides is 3. The number of aryl methyl sites for hydroxylation is 2. The number of anilines is 1. The van der Waals surface area contributed by atoms with Crippen LogP contribution in [0, 0.1) is 13.8 Å². The highest BCUT2D eigenvalue weighted by atomic mass is 16.6. The van der Waals surface area contributed by atoms with Crippen molar-refractivity contribution in [3.05, 3.63) is 59.2 Å². The van der Waals surface area contributed by atoms with Crippen LogP contribution in [0.4, 0.5) is 10.5 Å². The van der Waals surface area contributed by atoms with Crippen molar-refractivity contribution in [2.45, 2.75) is 59.6 Å². The van der Waals surface area contributed by atoms with Crippen molar-refractivity contribution in [3.63, 3.8) is 0 Å². The molecule has 0 heterocycles. The molecule has 8 nitrogen and oxygen atoms in total. The summed E-state index contributed by atoms with van der Waals surface area (Å²) >= 11 is 0. The number of nitrogens with one attached hydrogen (secondary N) is 2. The molecule has 3 N–H and O–H groups in total. The maximum absolute atomic E-state index is 13.6. The Morgan fingerprint density at radius 2 is 1.65 bits per heavy atom. The third-order valence-corrected chi connectivity index (χ3v) is 5.09. The molecule has 0 spiro atoms. The molecule has 2 aromatic rings. The standard InChI is InChI=1S/C26H35N3O5/c1-7-15-29(21(31)16-27-25(33)34-26(4,5)6)23(19-13-8-9-14-20(19)30)24(32)28-22-17(2)11-10-12-18(22)3/h8-14,23,30H,7,15-16H2,1-6H3,(H,27,33)(H,28,32). The fraction of sp³-hybridized carbons (Fsp3) is 0.423. The first-order chi connectivity index (χ1) is 15.9. The molecule has 0 fully saturated rings. The van der Waals surface area contributed by atoms with E-state index in [2.05, 4.69) is 10.6 Å². The molecule has 0 saturated heterocycles. The van der Waals surface area contributed by atoms with E-state index in [1.807, 2.05) is 39.0 Å². The van der Waals surface area contributed by atoms with Crippen LogP contribution in [0.1, 0.15) is 56.8 Å². The van der Waals surface area contributed by atoms with E-state index >= 15 is 0 Å². The van der Waals surface area contributed by atoms with Crippen LogP contribution < -0.4 is 10.6 Å². The lowest BCUT2D eigenvalue weighted by Gasteiger charge is -2.32. The molecule has 2 aromatic carbocycles. The predicted molar refractivity (Wildman–Crippen MR) is 132 cm³/mol. The second kappa shape index (κ2) is 11.5. The zero-order chi connectivity index (χ0) is 25.5. The Bertz CT molecular complexity index is 1010. The third kappa shape index (κ3) is 7.23. The van der Waals surface area contributed by atoms with E-state index in [9.17, 15) is 19.5 Å². The highest BCUT2D eigenvalue weighted by Gasteiger charge is 2.33. The maximum atomic E-state index is 13.6. The number of benzene rings is 2. The number of phenolic OH excluding ortho intramolecular Hbond substituents is 1. The molecule has 1 atom stereocenters. The monoisotopic (exact) mass is 469 g/mol. The van der Waals surface area contributed by atoms with Crippen LogP contribution in [0.5, 0.6) is 5.75 Å². The SMILES string of the molecule is CCCN(C(=O)CNC(=O)OC(C)(C)C)C(C(=O)Nc1c(C)cccc1C)c1ccccc1O. The van der Waals surface area contributed by atoms with Crippen LogP contribution in [0.3, 0.4) is 0 Å². The number of phenols is 1. The Morgan fingerprint density at radius 3 is 2.21 bits per heavy atom. The zero-order valence-corrected chi connectivity index (χ0v) is 20.8. The Kier molecular flexibility index (Phi) is 9.06. The molecule has 34 heavy (non-hydrogen) atoms. The summed E-state index contributed by atoms with van der Waals surface area (Å²) in [7, 11) is 0. The fourth-order valence-corrected chi connectivity index (χ4v) is 3.57. The largest absolute Gasteiger partial charge is 0.508 e. The lowest BCUT2D eigenvalue weighted by molar-refractivity contribution is -0.138. The summed E-state index contributed by atoms with van der Waals surface area (Å²) in [4.78, 5) is 40.2. The highest BCUT2D eigenvalue weighted by molar-refractivity contribution is 5.99. The normalized spacial score (nSPS) is 11.9. The molecule has 0 radical (unpaired) electrons. The first kappa shape index (κ1) is 26.7. The molecule has 3 amide bonds. The molecular weight excluding hydrogens is 434 g/mol. The molecule has 0 aliphatic rings. The average Bonchev–Trinajstić information content (AvgIpc) is 2.74. The summed E-state index contributed by atoms with van der Waals surface area (Å²) in [5.41, 5.74) is 2.00. The van der Waals surface area contributed by atoms with Gasteiger partial charge in [0.2, 0.25) is 5.91 Å². The van der Waals surface area contributed by atoms with Crippen molar-refractivity contribution in [1.29, 1.82) is 0 Å².